The molecule has 1 unspecified atom stereocenters. The third kappa shape index (κ3) is 2.22. The van der Waals surface area contributed by atoms with Gasteiger partial charge in [0.15, 0.2) is 0 Å². The van der Waals surface area contributed by atoms with Crippen molar-refractivity contribution in [2.24, 2.45) is 0 Å². The van der Waals surface area contributed by atoms with Gasteiger partial charge in [-0.2, -0.15) is 0 Å². The molecule has 1 N–H and O–H groups in total. The van der Waals surface area contributed by atoms with Crippen LogP contribution >= 0.6 is 0 Å². The second-order valence-electron chi connectivity index (χ2n) is 4.20. The molecule has 96 valence electrons. The summed E-state index contributed by atoms with van der Waals surface area (Å²) in [7, 11) is 1.53. The molecule has 0 aromatic heterocycles. The maximum Gasteiger partial charge on any atom is 0.312 e. The van der Waals surface area contributed by atoms with Crippen LogP contribution in [0, 0.1) is 0 Å². The Bertz CT molecular complexity index is 472. The van der Waals surface area contributed by atoms with Crippen LogP contribution in [0.3, 0.4) is 0 Å². The third-order valence-corrected chi connectivity index (χ3v) is 3.09. The molecule has 1 aliphatic heterocycles. The van der Waals surface area contributed by atoms with Gasteiger partial charge in [0.05, 0.1) is 13.0 Å². The average Bonchev–Trinajstić information content (AvgIpc) is 2.75. The van der Waals surface area contributed by atoms with Crippen LogP contribution in [-0.2, 0) is 14.3 Å². The van der Waals surface area contributed by atoms with Gasteiger partial charge >= 0.3 is 5.97 Å². The lowest BCUT2D eigenvalue weighted by Crippen LogP contribution is -2.31. The van der Waals surface area contributed by atoms with Gasteiger partial charge in [-0.1, -0.05) is 18.2 Å². The highest BCUT2D eigenvalue weighted by molar-refractivity contribution is 5.98. The van der Waals surface area contributed by atoms with E-state index in [0.717, 1.165) is 0 Å². The van der Waals surface area contributed by atoms with Crippen molar-refractivity contribution in [2.75, 3.05) is 25.2 Å². The molecule has 5 heteroatoms. The molecule has 1 aromatic rings. The van der Waals surface area contributed by atoms with Crippen molar-refractivity contribution in [2.45, 2.75) is 12.3 Å². The normalized spacial score (nSPS) is 17.6. The first-order valence-electron chi connectivity index (χ1n) is 5.76. The maximum absolute atomic E-state index is 12.0. The zero-order valence-corrected chi connectivity index (χ0v) is 10.1. The van der Waals surface area contributed by atoms with Gasteiger partial charge in [-0.3, -0.25) is 9.59 Å². The van der Waals surface area contributed by atoms with E-state index < -0.39 is 11.9 Å². The second kappa shape index (κ2) is 5.18. The first-order chi connectivity index (χ1) is 8.65. The van der Waals surface area contributed by atoms with Gasteiger partial charge in [-0.25, -0.2) is 0 Å². The molecule has 0 aliphatic carbocycles. The number of rotatable bonds is 4. The fourth-order valence-corrected chi connectivity index (χ4v) is 2.18. The molecule has 0 saturated heterocycles. The van der Waals surface area contributed by atoms with Crippen LogP contribution in [0.25, 0.3) is 0 Å². The number of anilines is 1. The van der Waals surface area contributed by atoms with E-state index in [0.29, 0.717) is 17.9 Å². The lowest BCUT2D eigenvalue weighted by molar-refractivity contribution is -0.138. The number of carboxylic acid groups (broad SMARTS) is 1. The van der Waals surface area contributed by atoms with Crippen LogP contribution < -0.4 is 4.90 Å². The van der Waals surface area contributed by atoms with Gasteiger partial charge in [0.1, 0.15) is 5.92 Å². The monoisotopic (exact) mass is 249 g/mol. The van der Waals surface area contributed by atoms with Gasteiger partial charge in [-0.15, -0.1) is 0 Å². The van der Waals surface area contributed by atoms with Gasteiger partial charge in [-0.05, 0) is 11.6 Å². The summed E-state index contributed by atoms with van der Waals surface area (Å²) in [5, 5.41) is 9.17. The van der Waals surface area contributed by atoms with Crippen molar-refractivity contribution >= 4 is 17.6 Å². The molecule has 1 aliphatic rings. The Morgan fingerprint density at radius 3 is 2.83 bits per heavy atom. The molecular weight excluding hydrogens is 234 g/mol. The molecule has 1 amide bonds. The Hall–Kier alpha value is -1.88. The molecule has 0 spiro atoms. The Morgan fingerprint density at radius 2 is 2.17 bits per heavy atom. The fraction of sp³-hybridized carbons (Fsp3) is 0.385. The SMILES string of the molecule is COCCC(=O)N1CC(C(=O)O)c2ccccc21. The van der Waals surface area contributed by atoms with E-state index in [1.165, 1.54) is 12.0 Å². The molecular formula is C13H15NO4. The highest BCUT2D eigenvalue weighted by atomic mass is 16.5. The number of aliphatic carboxylic acids is 1. The molecule has 0 bridgehead atoms. The van der Waals surface area contributed by atoms with E-state index in [9.17, 15) is 14.7 Å². The largest absolute Gasteiger partial charge is 0.481 e. The topological polar surface area (TPSA) is 66.8 Å². The van der Waals surface area contributed by atoms with Crippen LogP contribution in [0.2, 0.25) is 0 Å². The Morgan fingerprint density at radius 1 is 1.44 bits per heavy atom. The van der Waals surface area contributed by atoms with Crippen molar-refractivity contribution < 1.29 is 19.4 Å². The Kier molecular flexibility index (Phi) is 3.62. The van der Waals surface area contributed by atoms with Crippen LogP contribution in [0.5, 0.6) is 0 Å². The van der Waals surface area contributed by atoms with Gasteiger partial charge in [0.25, 0.3) is 0 Å². The number of benzene rings is 1. The smallest absolute Gasteiger partial charge is 0.312 e. The minimum Gasteiger partial charge on any atom is -0.481 e. The zero-order chi connectivity index (χ0) is 13.1. The van der Waals surface area contributed by atoms with Crippen LogP contribution in [0.15, 0.2) is 24.3 Å². The first kappa shape index (κ1) is 12.6. The number of carbonyl (C=O) groups is 2. The van der Waals surface area contributed by atoms with Gasteiger partial charge in [0.2, 0.25) is 5.91 Å². The van der Waals surface area contributed by atoms with E-state index >= 15 is 0 Å². The predicted molar refractivity (Wildman–Crippen MR) is 65.7 cm³/mol. The first-order valence-corrected chi connectivity index (χ1v) is 5.76. The highest BCUT2D eigenvalue weighted by Crippen LogP contribution is 2.36. The van der Waals surface area contributed by atoms with Crippen molar-refractivity contribution in [3.8, 4) is 0 Å². The zero-order valence-electron chi connectivity index (χ0n) is 10.1. The van der Waals surface area contributed by atoms with Crippen molar-refractivity contribution in [1.29, 1.82) is 0 Å². The molecule has 0 saturated carbocycles. The standard InChI is InChI=1S/C13H15NO4/c1-18-7-6-12(15)14-8-10(13(16)17)9-4-2-3-5-11(9)14/h2-5,10H,6-8H2,1H3,(H,16,17). The molecule has 1 heterocycles. The Balaban J connectivity index is 2.25. The quantitative estimate of drug-likeness (QED) is 0.871. The number of fused-ring (bicyclic) bond motifs is 1. The fourth-order valence-electron chi connectivity index (χ4n) is 2.18. The van der Waals surface area contributed by atoms with E-state index in [-0.39, 0.29) is 18.9 Å². The van der Waals surface area contributed by atoms with E-state index in [4.69, 9.17) is 4.74 Å². The van der Waals surface area contributed by atoms with E-state index in [1.54, 1.807) is 24.3 Å². The van der Waals surface area contributed by atoms with E-state index in [2.05, 4.69) is 0 Å². The van der Waals surface area contributed by atoms with Crippen molar-refractivity contribution in [1.82, 2.24) is 0 Å². The number of hydrogen-bond acceptors (Lipinski definition) is 3. The molecule has 0 radical (unpaired) electrons. The minimum absolute atomic E-state index is 0.104. The molecule has 18 heavy (non-hydrogen) atoms. The molecule has 1 aromatic carbocycles. The average molecular weight is 249 g/mol. The van der Waals surface area contributed by atoms with Crippen LogP contribution in [-0.4, -0.2) is 37.2 Å². The van der Waals surface area contributed by atoms with Gasteiger partial charge < -0.3 is 14.7 Å². The van der Waals surface area contributed by atoms with Gasteiger partial charge in [0, 0.05) is 19.3 Å². The number of ether oxygens (including phenoxy) is 1. The summed E-state index contributed by atoms with van der Waals surface area (Å²) < 4.78 is 4.87. The second-order valence-corrected chi connectivity index (χ2v) is 4.20. The molecule has 2 rings (SSSR count). The summed E-state index contributed by atoms with van der Waals surface area (Å²) in [6, 6.07) is 7.14. The van der Waals surface area contributed by atoms with Crippen LogP contribution in [0.4, 0.5) is 5.69 Å². The number of para-hydroxylation sites is 1. The highest BCUT2D eigenvalue weighted by Gasteiger charge is 2.35. The summed E-state index contributed by atoms with van der Waals surface area (Å²) in [5.41, 5.74) is 1.40. The summed E-state index contributed by atoms with van der Waals surface area (Å²) in [5.74, 6) is -1.63. The number of carbonyl (C=O) groups excluding carboxylic acids is 1. The summed E-state index contributed by atoms with van der Waals surface area (Å²) in [6.07, 6.45) is 0.261. The number of amides is 1. The predicted octanol–water partition coefficient (Wildman–Crippen LogP) is 1.24. The van der Waals surface area contributed by atoms with Crippen molar-refractivity contribution in [3.63, 3.8) is 0 Å². The summed E-state index contributed by atoms with van der Waals surface area (Å²) >= 11 is 0. The maximum atomic E-state index is 12.0. The number of hydrogen-bond donors (Lipinski definition) is 1. The molecule has 5 nitrogen and oxygen atoms in total. The van der Waals surface area contributed by atoms with E-state index in [1.807, 2.05) is 0 Å². The lowest BCUT2D eigenvalue weighted by Gasteiger charge is -2.17. The Labute approximate surface area is 105 Å². The minimum atomic E-state index is -0.899. The number of nitrogens with zero attached hydrogens (tertiary/aromatic N) is 1. The van der Waals surface area contributed by atoms with Crippen LogP contribution in [0.1, 0.15) is 17.9 Å². The molecule has 1 atom stereocenters. The van der Waals surface area contributed by atoms with Crippen molar-refractivity contribution in [3.05, 3.63) is 29.8 Å². The summed E-state index contributed by atoms with van der Waals surface area (Å²) in [6.45, 7) is 0.548. The number of carboxylic acids is 1. The number of methoxy groups -OCH3 is 1. The third-order valence-electron chi connectivity index (χ3n) is 3.09. The molecule has 0 fully saturated rings. The summed E-state index contributed by atoms with van der Waals surface area (Å²) in [4.78, 5) is 24.7. The lowest BCUT2D eigenvalue weighted by atomic mass is 10.0.